The third kappa shape index (κ3) is 5.57. The molecule has 0 atom stereocenters. The molecule has 0 saturated heterocycles. The first-order chi connectivity index (χ1) is 12.2. The monoisotopic (exact) mass is 396 g/mol. The standard InChI is InChI=1S/C18H17ClO6S/c1-24-17-8-7-14(9-15(17)19)16(20)10-25-18(21)13-5-3-12(4-6-13)11-26(2,22)23/h3-9H,10-11H2,1-2H3. The third-order valence-corrected chi connectivity index (χ3v) is 4.58. The van der Waals surface area contributed by atoms with Crippen molar-refractivity contribution in [2.75, 3.05) is 20.0 Å². The second-order valence-electron chi connectivity index (χ2n) is 5.62. The van der Waals surface area contributed by atoms with Gasteiger partial charge in [-0.2, -0.15) is 0 Å². The van der Waals surface area contributed by atoms with Crippen LogP contribution < -0.4 is 4.74 Å². The van der Waals surface area contributed by atoms with E-state index in [0.29, 0.717) is 16.9 Å². The van der Waals surface area contributed by atoms with Crippen LogP contribution in [0.1, 0.15) is 26.3 Å². The number of esters is 1. The second kappa shape index (κ2) is 8.33. The van der Waals surface area contributed by atoms with E-state index in [1.807, 2.05) is 0 Å². The number of Topliss-reactive ketones (excluding diaryl/α,β-unsaturated/α-hetero) is 1. The van der Waals surface area contributed by atoms with Crippen molar-refractivity contribution < 1.29 is 27.5 Å². The lowest BCUT2D eigenvalue weighted by atomic mass is 10.1. The van der Waals surface area contributed by atoms with Crippen LogP contribution in [-0.2, 0) is 20.3 Å². The molecule has 2 aromatic rings. The Labute approximate surface area is 156 Å². The Bertz CT molecular complexity index is 919. The molecule has 0 fully saturated rings. The summed E-state index contributed by atoms with van der Waals surface area (Å²) in [5.74, 6) is -0.756. The SMILES string of the molecule is COc1ccc(C(=O)COC(=O)c2ccc(CS(C)(=O)=O)cc2)cc1Cl. The predicted molar refractivity (Wildman–Crippen MR) is 97.6 cm³/mol. The third-order valence-electron chi connectivity index (χ3n) is 3.43. The van der Waals surface area contributed by atoms with Crippen LogP contribution in [0, 0.1) is 0 Å². The summed E-state index contributed by atoms with van der Waals surface area (Å²) in [4.78, 5) is 24.1. The molecule has 0 aliphatic carbocycles. The van der Waals surface area contributed by atoms with Crippen LogP contribution in [0.4, 0.5) is 0 Å². The van der Waals surface area contributed by atoms with Crippen LogP contribution in [0.15, 0.2) is 42.5 Å². The molecule has 0 N–H and O–H groups in total. The topological polar surface area (TPSA) is 86.7 Å². The number of sulfone groups is 1. The summed E-state index contributed by atoms with van der Waals surface area (Å²) < 4.78 is 32.5. The van der Waals surface area contributed by atoms with Crippen LogP contribution >= 0.6 is 11.6 Å². The number of ketones is 1. The number of carbonyl (C=O) groups is 2. The van der Waals surface area contributed by atoms with Gasteiger partial charge in [0.1, 0.15) is 5.75 Å². The number of methoxy groups -OCH3 is 1. The molecule has 0 aliphatic rings. The van der Waals surface area contributed by atoms with Gasteiger partial charge in [0.05, 0.1) is 23.4 Å². The van der Waals surface area contributed by atoms with Crippen LogP contribution in [0.2, 0.25) is 5.02 Å². The summed E-state index contributed by atoms with van der Waals surface area (Å²) in [6.07, 6.45) is 1.13. The minimum atomic E-state index is -3.15. The van der Waals surface area contributed by atoms with E-state index in [-0.39, 0.29) is 16.3 Å². The smallest absolute Gasteiger partial charge is 0.338 e. The van der Waals surface area contributed by atoms with Gasteiger partial charge in [-0.1, -0.05) is 23.7 Å². The zero-order valence-electron chi connectivity index (χ0n) is 14.2. The lowest BCUT2D eigenvalue weighted by molar-refractivity contribution is 0.0474. The Balaban J connectivity index is 1.97. The van der Waals surface area contributed by atoms with Gasteiger partial charge in [0, 0.05) is 11.8 Å². The molecule has 2 rings (SSSR count). The van der Waals surface area contributed by atoms with E-state index < -0.39 is 28.2 Å². The Morgan fingerprint density at radius 2 is 1.65 bits per heavy atom. The van der Waals surface area contributed by atoms with Crippen molar-refractivity contribution in [3.8, 4) is 5.75 Å². The molecular formula is C18H17ClO6S. The summed E-state index contributed by atoms with van der Waals surface area (Å²) >= 11 is 5.96. The molecule has 0 aromatic heterocycles. The first-order valence-electron chi connectivity index (χ1n) is 7.50. The van der Waals surface area contributed by atoms with Crippen molar-refractivity contribution >= 4 is 33.2 Å². The van der Waals surface area contributed by atoms with Crippen LogP contribution in [0.25, 0.3) is 0 Å². The lowest BCUT2D eigenvalue weighted by Gasteiger charge is -2.07. The van der Waals surface area contributed by atoms with Crippen molar-refractivity contribution in [1.82, 2.24) is 0 Å². The van der Waals surface area contributed by atoms with E-state index >= 15 is 0 Å². The van der Waals surface area contributed by atoms with Gasteiger partial charge < -0.3 is 9.47 Å². The van der Waals surface area contributed by atoms with Crippen LogP contribution in [0.3, 0.4) is 0 Å². The quantitative estimate of drug-likeness (QED) is 0.528. The van der Waals surface area contributed by atoms with Gasteiger partial charge in [0.25, 0.3) is 0 Å². The zero-order valence-corrected chi connectivity index (χ0v) is 15.8. The van der Waals surface area contributed by atoms with E-state index in [9.17, 15) is 18.0 Å². The van der Waals surface area contributed by atoms with E-state index in [2.05, 4.69) is 0 Å². The fourth-order valence-electron chi connectivity index (χ4n) is 2.18. The minimum Gasteiger partial charge on any atom is -0.495 e. The Morgan fingerprint density at radius 1 is 1.04 bits per heavy atom. The fourth-order valence-corrected chi connectivity index (χ4v) is 3.23. The van der Waals surface area contributed by atoms with Crippen molar-refractivity contribution in [3.63, 3.8) is 0 Å². The van der Waals surface area contributed by atoms with Gasteiger partial charge in [0.15, 0.2) is 22.2 Å². The van der Waals surface area contributed by atoms with Gasteiger partial charge in [-0.25, -0.2) is 13.2 Å². The fraction of sp³-hybridized carbons (Fsp3) is 0.222. The molecule has 0 bridgehead atoms. The van der Waals surface area contributed by atoms with E-state index in [1.165, 1.54) is 43.5 Å². The highest BCUT2D eigenvalue weighted by Gasteiger charge is 2.14. The second-order valence-corrected chi connectivity index (χ2v) is 8.16. The molecule has 26 heavy (non-hydrogen) atoms. The van der Waals surface area contributed by atoms with Gasteiger partial charge in [0.2, 0.25) is 0 Å². The molecule has 0 unspecified atom stereocenters. The average molecular weight is 397 g/mol. The number of benzene rings is 2. The summed E-state index contributed by atoms with van der Waals surface area (Å²) in [6.45, 7) is -0.438. The maximum Gasteiger partial charge on any atom is 0.338 e. The van der Waals surface area contributed by atoms with Gasteiger partial charge in [-0.15, -0.1) is 0 Å². The summed E-state index contributed by atoms with van der Waals surface area (Å²) in [5, 5.41) is 0.283. The summed E-state index contributed by atoms with van der Waals surface area (Å²) in [7, 11) is -1.69. The number of hydrogen-bond donors (Lipinski definition) is 0. The molecule has 0 amide bonds. The number of halogens is 1. The number of rotatable bonds is 7. The molecule has 0 radical (unpaired) electrons. The van der Waals surface area contributed by atoms with E-state index in [4.69, 9.17) is 21.1 Å². The first-order valence-corrected chi connectivity index (χ1v) is 9.94. The molecular weight excluding hydrogens is 380 g/mol. The van der Waals surface area contributed by atoms with Crippen molar-refractivity contribution in [2.45, 2.75) is 5.75 Å². The minimum absolute atomic E-state index is 0.112. The zero-order chi connectivity index (χ0) is 19.3. The van der Waals surface area contributed by atoms with Crippen LogP contribution in [-0.4, -0.2) is 40.1 Å². The van der Waals surface area contributed by atoms with Crippen molar-refractivity contribution in [1.29, 1.82) is 0 Å². The highest BCUT2D eigenvalue weighted by molar-refractivity contribution is 7.89. The molecule has 2 aromatic carbocycles. The van der Waals surface area contributed by atoms with Crippen LogP contribution in [0.5, 0.6) is 5.75 Å². The van der Waals surface area contributed by atoms with Crippen molar-refractivity contribution in [2.24, 2.45) is 0 Å². The molecule has 6 nitrogen and oxygen atoms in total. The van der Waals surface area contributed by atoms with Gasteiger partial charge in [-0.3, -0.25) is 4.79 Å². The first kappa shape index (κ1) is 19.9. The Morgan fingerprint density at radius 3 is 2.19 bits per heavy atom. The maximum absolute atomic E-state index is 12.1. The maximum atomic E-state index is 12.1. The number of ether oxygens (including phenoxy) is 2. The Hall–Kier alpha value is -2.38. The number of hydrogen-bond acceptors (Lipinski definition) is 6. The van der Waals surface area contributed by atoms with E-state index in [0.717, 1.165) is 6.26 Å². The van der Waals surface area contributed by atoms with E-state index in [1.54, 1.807) is 6.07 Å². The van der Waals surface area contributed by atoms with Crippen molar-refractivity contribution in [3.05, 3.63) is 64.2 Å². The van der Waals surface area contributed by atoms with Gasteiger partial charge >= 0.3 is 5.97 Å². The number of carbonyl (C=O) groups excluding carboxylic acids is 2. The molecule has 0 spiro atoms. The molecule has 0 aliphatic heterocycles. The molecule has 0 saturated carbocycles. The molecule has 8 heteroatoms. The summed E-state index contributed by atoms with van der Waals surface area (Å²) in [5.41, 5.74) is 1.09. The molecule has 0 heterocycles. The van der Waals surface area contributed by atoms with Gasteiger partial charge in [-0.05, 0) is 35.9 Å². The molecule has 138 valence electrons. The largest absolute Gasteiger partial charge is 0.495 e. The highest BCUT2D eigenvalue weighted by atomic mass is 35.5. The Kier molecular flexibility index (Phi) is 6.39. The average Bonchev–Trinajstić information content (AvgIpc) is 2.58. The predicted octanol–water partition coefficient (Wildman–Crippen LogP) is 2.93. The normalized spacial score (nSPS) is 11.0. The highest BCUT2D eigenvalue weighted by Crippen LogP contribution is 2.25. The summed E-state index contributed by atoms with van der Waals surface area (Å²) in [6, 6.07) is 10.5. The lowest BCUT2D eigenvalue weighted by Crippen LogP contribution is -2.14.